The molecule has 3 rings (SSSR count). The van der Waals surface area contributed by atoms with Crippen LogP contribution in [0.3, 0.4) is 0 Å². The number of aromatic nitrogens is 2. The third-order valence-electron chi connectivity index (χ3n) is 5.14. The summed E-state index contributed by atoms with van der Waals surface area (Å²) < 4.78 is 5.93. The topological polar surface area (TPSA) is 58.6 Å². The van der Waals surface area contributed by atoms with Crippen LogP contribution in [0.2, 0.25) is 0 Å². The van der Waals surface area contributed by atoms with Crippen molar-refractivity contribution in [2.24, 2.45) is 5.92 Å². The number of aryl methyl sites for hydroxylation is 2. The molecule has 1 amide bonds. The van der Waals surface area contributed by atoms with Crippen LogP contribution in [-0.4, -0.2) is 47.5 Å². The van der Waals surface area contributed by atoms with Crippen LogP contribution in [0.1, 0.15) is 42.9 Å². The van der Waals surface area contributed by atoms with Gasteiger partial charge < -0.3 is 4.74 Å². The Labute approximate surface area is 173 Å². The van der Waals surface area contributed by atoms with Crippen LogP contribution < -0.4 is 9.64 Å². The second-order valence-electron chi connectivity index (χ2n) is 8.28. The van der Waals surface area contributed by atoms with Gasteiger partial charge in [-0.2, -0.15) is 0 Å². The number of hydrogen-bond donors (Lipinski definition) is 0. The van der Waals surface area contributed by atoms with Gasteiger partial charge in [-0.25, -0.2) is 9.97 Å². The van der Waals surface area contributed by atoms with Crippen LogP contribution in [0.5, 0.6) is 5.75 Å². The average Bonchev–Trinajstić information content (AvgIpc) is 2.64. The van der Waals surface area contributed by atoms with E-state index in [0.29, 0.717) is 38.5 Å². The molecule has 6 heteroatoms. The van der Waals surface area contributed by atoms with E-state index < -0.39 is 0 Å². The number of benzene rings is 1. The molecule has 0 aliphatic carbocycles. The lowest BCUT2D eigenvalue weighted by Gasteiger charge is -2.30. The molecule has 1 aromatic heterocycles. The van der Waals surface area contributed by atoms with Crippen molar-refractivity contribution in [1.82, 2.24) is 14.9 Å². The zero-order valence-corrected chi connectivity index (χ0v) is 18.2. The summed E-state index contributed by atoms with van der Waals surface area (Å²) in [6, 6.07) is 7.92. The first kappa shape index (κ1) is 21.2. The smallest absolute Gasteiger partial charge is 0.228 e. The summed E-state index contributed by atoms with van der Waals surface area (Å²) in [4.78, 5) is 26.2. The zero-order valence-electron chi connectivity index (χ0n) is 18.2. The number of rotatable bonds is 8. The van der Waals surface area contributed by atoms with Crippen LogP contribution in [0.25, 0.3) is 0 Å². The molecule has 1 aliphatic heterocycles. The summed E-state index contributed by atoms with van der Waals surface area (Å²) in [6.07, 6.45) is 1.20. The van der Waals surface area contributed by atoms with Gasteiger partial charge in [0.05, 0.1) is 13.1 Å². The number of amides is 1. The first-order valence-electron chi connectivity index (χ1n) is 10.4. The van der Waals surface area contributed by atoms with Crippen molar-refractivity contribution in [3.8, 4) is 5.75 Å². The average molecular weight is 397 g/mol. The van der Waals surface area contributed by atoms with E-state index in [0.717, 1.165) is 40.8 Å². The lowest BCUT2D eigenvalue weighted by atomic mass is 10.0. The van der Waals surface area contributed by atoms with Crippen molar-refractivity contribution < 1.29 is 9.53 Å². The Morgan fingerprint density at radius 2 is 1.93 bits per heavy atom. The third kappa shape index (κ3) is 5.32. The van der Waals surface area contributed by atoms with Gasteiger partial charge in [0.1, 0.15) is 24.0 Å². The molecule has 2 aromatic rings. The molecular formula is C23H32N4O2. The summed E-state index contributed by atoms with van der Waals surface area (Å²) in [7, 11) is 2.08. The fourth-order valence-electron chi connectivity index (χ4n) is 3.83. The van der Waals surface area contributed by atoms with Gasteiger partial charge >= 0.3 is 0 Å². The van der Waals surface area contributed by atoms with Gasteiger partial charge in [-0.1, -0.05) is 32.0 Å². The lowest BCUT2D eigenvalue weighted by molar-refractivity contribution is -0.119. The van der Waals surface area contributed by atoms with Gasteiger partial charge in [0.25, 0.3) is 0 Å². The van der Waals surface area contributed by atoms with E-state index in [1.165, 1.54) is 0 Å². The lowest BCUT2D eigenvalue weighted by Crippen LogP contribution is -2.39. The number of anilines is 1. The largest absolute Gasteiger partial charge is 0.491 e. The molecule has 0 spiro atoms. The highest BCUT2D eigenvalue weighted by atomic mass is 16.5. The monoisotopic (exact) mass is 396 g/mol. The van der Waals surface area contributed by atoms with Gasteiger partial charge in [0, 0.05) is 24.2 Å². The predicted molar refractivity (Wildman–Crippen MR) is 115 cm³/mol. The number of carbonyl (C=O) groups excluding carboxylic acids is 1. The van der Waals surface area contributed by atoms with Gasteiger partial charge in [-0.05, 0) is 44.9 Å². The molecule has 0 fully saturated rings. The summed E-state index contributed by atoms with van der Waals surface area (Å²) in [5, 5.41) is 0. The van der Waals surface area contributed by atoms with E-state index in [1.807, 2.05) is 38.1 Å². The number of fused-ring (bicyclic) bond motifs is 1. The Kier molecular flexibility index (Phi) is 6.85. The summed E-state index contributed by atoms with van der Waals surface area (Å²) in [6.45, 7) is 11.0. The van der Waals surface area contributed by atoms with Crippen LogP contribution >= 0.6 is 0 Å². The highest BCUT2D eigenvalue weighted by Gasteiger charge is 2.28. The second-order valence-corrected chi connectivity index (χ2v) is 8.28. The molecule has 6 nitrogen and oxygen atoms in total. The molecule has 29 heavy (non-hydrogen) atoms. The zero-order chi connectivity index (χ0) is 21.0. The summed E-state index contributed by atoms with van der Waals surface area (Å²) in [5.74, 6) is 3.06. The van der Waals surface area contributed by atoms with E-state index >= 15 is 0 Å². The Bertz CT molecular complexity index is 866. The van der Waals surface area contributed by atoms with Crippen molar-refractivity contribution in [3.05, 3.63) is 46.9 Å². The Morgan fingerprint density at radius 3 is 2.66 bits per heavy atom. The van der Waals surface area contributed by atoms with Crippen molar-refractivity contribution in [3.63, 3.8) is 0 Å². The molecule has 0 N–H and O–H groups in total. The predicted octanol–water partition coefficient (Wildman–Crippen LogP) is 3.54. The van der Waals surface area contributed by atoms with E-state index in [4.69, 9.17) is 14.7 Å². The van der Waals surface area contributed by atoms with E-state index in [9.17, 15) is 4.79 Å². The summed E-state index contributed by atoms with van der Waals surface area (Å²) >= 11 is 0. The molecule has 0 unspecified atom stereocenters. The van der Waals surface area contributed by atoms with Gasteiger partial charge in [0.2, 0.25) is 5.91 Å². The Hall–Kier alpha value is -2.47. The number of hydrogen-bond acceptors (Lipinski definition) is 5. The minimum Gasteiger partial charge on any atom is -0.491 e. The second kappa shape index (κ2) is 9.35. The molecular weight excluding hydrogens is 364 g/mol. The van der Waals surface area contributed by atoms with E-state index in [1.54, 1.807) is 4.90 Å². The minimum absolute atomic E-state index is 0.102. The van der Waals surface area contributed by atoms with Crippen LogP contribution in [0, 0.1) is 19.8 Å². The molecule has 0 saturated heterocycles. The number of para-hydroxylation sites is 1. The van der Waals surface area contributed by atoms with Gasteiger partial charge in [0.15, 0.2) is 0 Å². The standard InChI is InChI=1S/C23H32N4O2/c1-16(2)14-26(5)15-21-24-18(4)19-10-11-22(28)27(23(19)25-21)12-13-29-20-9-7-6-8-17(20)3/h6-9,16H,10-15H2,1-5H3. The maximum absolute atomic E-state index is 12.7. The number of ether oxygens (including phenoxy) is 1. The first-order valence-corrected chi connectivity index (χ1v) is 10.4. The molecule has 1 aliphatic rings. The maximum Gasteiger partial charge on any atom is 0.228 e. The summed E-state index contributed by atoms with van der Waals surface area (Å²) in [5.41, 5.74) is 3.14. The quantitative estimate of drug-likeness (QED) is 0.683. The fourth-order valence-corrected chi connectivity index (χ4v) is 3.83. The fraction of sp³-hybridized carbons (Fsp3) is 0.522. The SMILES string of the molecule is Cc1ccccc1OCCN1C(=O)CCc2c(C)nc(CN(C)CC(C)C)nc21. The highest BCUT2D eigenvalue weighted by molar-refractivity contribution is 5.95. The highest BCUT2D eigenvalue weighted by Crippen LogP contribution is 2.28. The maximum atomic E-state index is 12.7. The van der Waals surface area contributed by atoms with Crippen molar-refractivity contribution in [2.75, 3.05) is 31.6 Å². The Balaban J connectivity index is 1.76. The minimum atomic E-state index is 0.102. The molecule has 0 bridgehead atoms. The molecule has 0 saturated carbocycles. The molecule has 1 aromatic carbocycles. The first-order chi connectivity index (χ1) is 13.8. The van der Waals surface area contributed by atoms with Crippen LogP contribution in [0.4, 0.5) is 5.82 Å². The van der Waals surface area contributed by atoms with Crippen LogP contribution in [0.15, 0.2) is 24.3 Å². The van der Waals surface area contributed by atoms with Crippen molar-refractivity contribution >= 4 is 11.7 Å². The van der Waals surface area contributed by atoms with E-state index in [-0.39, 0.29) is 5.91 Å². The van der Waals surface area contributed by atoms with Crippen molar-refractivity contribution in [2.45, 2.75) is 47.1 Å². The third-order valence-corrected chi connectivity index (χ3v) is 5.14. The van der Waals surface area contributed by atoms with Gasteiger partial charge in [-0.3, -0.25) is 14.6 Å². The van der Waals surface area contributed by atoms with Gasteiger partial charge in [-0.15, -0.1) is 0 Å². The Morgan fingerprint density at radius 1 is 1.17 bits per heavy atom. The van der Waals surface area contributed by atoms with Crippen molar-refractivity contribution in [1.29, 1.82) is 0 Å². The molecule has 0 radical (unpaired) electrons. The van der Waals surface area contributed by atoms with Crippen LogP contribution in [-0.2, 0) is 17.8 Å². The van der Waals surface area contributed by atoms with E-state index in [2.05, 4.69) is 25.8 Å². The number of nitrogens with zero attached hydrogens (tertiary/aromatic N) is 4. The normalized spacial score (nSPS) is 13.9. The number of carbonyl (C=O) groups is 1. The molecule has 0 atom stereocenters. The molecule has 2 heterocycles. The molecule has 156 valence electrons.